The van der Waals surface area contributed by atoms with E-state index in [4.69, 9.17) is 0 Å². The Kier molecular flexibility index (Phi) is 4.15. The highest BCUT2D eigenvalue weighted by atomic mass is 16.3. The maximum atomic E-state index is 12.5. The highest BCUT2D eigenvalue weighted by Gasteiger charge is 2.28. The van der Waals surface area contributed by atoms with Gasteiger partial charge in [0.2, 0.25) is 0 Å². The van der Waals surface area contributed by atoms with Crippen molar-refractivity contribution in [3.05, 3.63) is 23.9 Å². The predicted octanol–water partition coefficient (Wildman–Crippen LogP) is 1.11. The molecule has 1 fully saturated rings. The Bertz CT molecular complexity index is 422. The summed E-state index contributed by atoms with van der Waals surface area (Å²) in [7, 11) is 1.75. The third-order valence-electron chi connectivity index (χ3n) is 3.37. The van der Waals surface area contributed by atoms with Crippen LogP contribution in [-0.4, -0.2) is 47.1 Å². The molecule has 0 saturated carbocycles. The molecule has 0 bridgehead atoms. The standard InChI is InChI=1S/C13H19N3O2/c1-14-12-11(6-4-7-15-12)13(18)16-8-3-2-5-10(16)9-17/h4,6-7,10,17H,2-3,5,8-9H2,1H3,(H,14,15). The number of rotatable bonds is 3. The summed E-state index contributed by atoms with van der Waals surface area (Å²) in [6, 6.07) is 3.46. The van der Waals surface area contributed by atoms with Crippen LogP contribution in [0.3, 0.4) is 0 Å². The van der Waals surface area contributed by atoms with E-state index in [0.717, 1.165) is 19.3 Å². The van der Waals surface area contributed by atoms with E-state index in [1.807, 2.05) is 0 Å². The highest BCUT2D eigenvalue weighted by Crippen LogP contribution is 2.21. The number of carbonyl (C=O) groups is 1. The molecular weight excluding hydrogens is 230 g/mol. The molecule has 2 rings (SSSR count). The number of pyridine rings is 1. The average molecular weight is 249 g/mol. The number of amides is 1. The molecule has 5 heteroatoms. The van der Waals surface area contributed by atoms with Crippen molar-refractivity contribution < 1.29 is 9.90 Å². The second-order valence-electron chi connectivity index (χ2n) is 4.48. The second kappa shape index (κ2) is 5.82. The van der Waals surface area contributed by atoms with Gasteiger partial charge in [0, 0.05) is 19.8 Å². The molecule has 0 spiro atoms. The van der Waals surface area contributed by atoms with E-state index in [1.165, 1.54) is 0 Å². The lowest BCUT2D eigenvalue weighted by molar-refractivity contribution is 0.0503. The normalized spacial score (nSPS) is 19.7. The summed E-state index contributed by atoms with van der Waals surface area (Å²) in [6.45, 7) is 0.739. The number of anilines is 1. The molecule has 0 aromatic carbocycles. The summed E-state index contributed by atoms with van der Waals surface area (Å²) in [4.78, 5) is 18.4. The summed E-state index contributed by atoms with van der Waals surface area (Å²) in [5.41, 5.74) is 0.570. The molecule has 1 unspecified atom stereocenters. The highest BCUT2D eigenvalue weighted by molar-refractivity contribution is 5.98. The number of nitrogens with zero attached hydrogens (tertiary/aromatic N) is 2. The Labute approximate surface area is 107 Å². The molecular formula is C13H19N3O2. The predicted molar refractivity (Wildman–Crippen MR) is 69.5 cm³/mol. The molecule has 1 saturated heterocycles. The first kappa shape index (κ1) is 12.8. The van der Waals surface area contributed by atoms with Crippen LogP contribution < -0.4 is 5.32 Å². The summed E-state index contributed by atoms with van der Waals surface area (Å²) in [6.07, 6.45) is 4.60. The lowest BCUT2D eigenvalue weighted by atomic mass is 10.0. The lowest BCUT2D eigenvalue weighted by Crippen LogP contribution is -2.45. The van der Waals surface area contributed by atoms with Crippen molar-refractivity contribution in [1.29, 1.82) is 0 Å². The Hall–Kier alpha value is -1.62. The van der Waals surface area contributed by atoms with Gasteiger partial charge in [-0.1, -0.05) is 0 Å². The van der Waals surface area contributed by atoms with Gasteiger partial charge in [0.05, 0.1) is 18.2 Å². The van der Waals surface area contributed by atoms with E-state index in [9.17, 15) is 9.90 Å². The largest absolute Gasteiger partial charge is 0.394 e. The van der Waals surface area contributed by atoms with E-state index < -0.39 is 0 Å². The molecule has 5 nitrogen and oxygen atoms in total. The molecule has 18 heavy (non-hydrogen) atoms. The molecule has 2 heterocycles. The van der Waals surface area contributed by atoms with Gasteiger partial charge < -0.3 is 15.3 Å². The van der Waals surface area contributed by atoms with Crippen LogP contribution in [0.1, 0.15) is 29.6 Å². The zero-order valence-electron chi connectivity index (χ0n) is 10.6. The molecule has 2 N–H and O–H groups in total. The quantitative estimate of drug-likeness (QED) is 0.842. The zero-order valence-corrected chi connectivity index (χ0v) is 10.6. The van der Waals surface area contributed by atoms with Gasteiger partial charge in [-0.2, -0.15) is 0 Å². The van der Waals surface area contributed by atoms with Crippen LogP contribution in [0.25, 0.3) is 0 Å². The Morgan fingerprint density at radius 1 is 1.61 bits per heavy atom. The number of piperidine rings is 1. The van der Waals surface area contributed by atoms with Crippen LogP contribution >= 0.6 is 0 Å². The first-order valence-electron chi connectivity index (χ1n) is 6.32. The van der Waals surface area contributed by atoms with E-state index in [2.05, 4.69) is 10.3 Å². The molecule has 98 valence electrons. The molecule has 1 atom stereocenters. The average Bonchev–Trinajstić information content (AvgIpc) is 2.46. The number of likely N-dealkylation sites (tertiary alicyclic amines) is 1. The monoisotopic (exact) mass is 249 g/mol. The Balaban J connectivity index is 2.24. The summed E-state index contributed by atoms with van der Waals surface area (Å²) >= 11 is 0. The number of nitrogens with one attached hydrogen (secondary N) is 1. The molecule has 1 amide bonds. The van der Waals surface area contributed by atoms with Gasteiger partial charge in [0.15, 0.2) is 0 Å². The minimum absolute atomic E-state index is 0.0287. The number of aromatic nitrogens is 1. The van der Waals surface area contributed by atoms with Gasteiger partial charge in [-0.25, -0.2) is 4.98 Å². The molecule has 1 aliphatic rings. The summed E-state index contributed by atoms with van der Waals surface area (Å²) in [5.74, 6) is 0.538. The molecule has 1 aromatic rings. The van der Waals surface area contributed by atoms with Crippen LogP contribution in [0.15, 0.2) is 18.3 Å². The van der Waals surface area contributed by atoms with E-state index in [0.29, 0.717) is 17.9 Å². The first-order valence-corrected chi connectivity index (χ1v) is 6.32. The fraction of sp³-hybridized carbons (Fsp3) is 0.538. The third-order valence-corrected chi connectivity index (χ3v) is 3.37. The molecule has 0 radical (unpaired) electrons. The van der Waals surface area contributed by atoms with E-state index >= 15 is 0 Å². The van der Waals surface area contributed by atoms with Crippen molar-refractivity contribution in [3.63, 3.8) is 0 Å². The van der Waals surface area contributed by atoms with Crippen molar-refractivity contribution in [2.24, 2.45) is 0 Å². The third kappa shape index (κ3) is 2.46. The van der Waals surface area contributed by atoms with Crippen molar-refractivity contribution in [2.75, 3.05) is 25.5 Å². The topological polar surface area (TPSA) is 65.5 Å². The Morgan fingerprint density at radius 3 is 3.17 bits per heavy atom. The first-order chi connectivity index (χ1) is 8.77. The van der Waals surface area contributed by atoms with Crippen LogP contribution in [-0.2, 0) is 0 Å². The maximum absolute atomic E-state index is 12.5. The number of aliphatic hydroxyl groups is 1. The maximum Gasteiger partial charge on any atom is 0.257 e. The number of hydrogen-bond acceptors (Lipinski definition) is 4. The van der Waals surface area contributed by atoms with E-state index in [1.54, 1.807) is 30.3 Å². The smallest absolute Gasteiger partial charge is 0.257 e. The fourth-order valence-corrected chi connectivity index (χ4v) is 2.39. The molecule has 0 aliphatic carbocycles. The molecule has 1 aromatic heterocycles. The minimum atomic E-state index is -0.0591. The van der Waals surface area contributed by atoms with Crippen LogP contribution in [0.4, 0.5) is 5.82 Å². The fourth-order valence-electron chi connectivity index (χ4n) is 2.39. The minimum Gasteiger partial charge on any atom is -0.394 e. The van der Waals surface area contributed by atoms with Gasteiger partial charge in [-0.15, -0.1) is 0 Å². The number of hydrogen-bond donors (Lipinski definition) is 2. The van der Waals surface area contributed by atoms with Crippen LogP contribution in [0.5, 0.6) is 0 Å². The van der Waals surface area contributed by atoms with Crippen LogP contribution in [0, 0.1) is 0 Å². The second-order valence-corrected chi connectivity index (χ2v) is 4.48. The van der Waals surface area contributed by atoms with Gasteiger partial charge >= 0.3 is 0 Å². The zero-order chi connectivity index (χ0) is 13.0. The van der Waals surface area contributed by atoms with Crippen molar-refractivity contribution in [1.82, 2.24) is 9.88 Å². The lowest BCUT2D eigenvalue weighted by Gasteiger charge is -2.34. The van der Waals surface area contributed by atoms with Crippen molar-refractivity contribution in [3.8, 4) is 0 Å². The summed E-state index contributed by atoms with van der Waals surface area (Å²) < 4.78 is 0. The number of aliphatic hydroxyl groups excluding tert-OH is 1. The van der Waals surface area contributed by atoms with Crippen molar-refractivity contribution >= 4 is 11.7 Å². The van der Waals surface area contributed by atoms with Gasteiger partial charge in [-0.05, 0) is 31.4 Å². The number of carbonyl (C=O) groups excluding carboxylic acids is 1. The van der Waals surface area contributed by atoms with Crippen molar-refractivity contribution in [2.45, 2.75) is 25.3 Å². The SMILES string of the molecule is CNc1ncccc1C(=O)N1CCCCC1CO. The Morgan fingerprint density at radius 2 is 2.44 bits per heavy atom. The van der Waals surface area contributed by atoms with Gasteiger partial charge in [-0.3, -0.25) is 4.79 Å². The molecule has 1 aliphatic heterocycles. The van der Waals surface area contributed by atoms with Crippen LogP contribution in [0.2, 0.25) is 0 Å². The van der Waals surface area contributed by atoms with Gasteiger partial charge in [0.25, 0.3) is 5.91 Å². The van der Waals surface area contributed by atoms with E-state index in [-0.39, 0.29) is 18.6 Å². The summed E-state index contributed by atoms with van der Waals surface area (Å²) in [5, 5.41) is 12.3. The van der Waals surface area contributed by atoms with Gasteiger partial charge in [0.1, 0.15) is 5.82 Å².